The number of nitrogens with zero attached hydrogens (tertiary/aromatic N) is 1. The first-order valence-corrected chi connectivity index (χ1v) is 6.40. The molecule has 5 heteroatoms. The average Bonchev–Trinajstić information content (AvgIpc) is 2.83. The van der Waals surface area contributed by atoms with Crippen LogP contribution in [-0.2, 0) is 6.42 Å². The summed E-state index contributed by atoms with van der Waals surface area (Å²) in [4.78, 5) is 8.82. The van der Waals surface area contributed by atoms with Gasteiger partial charge in [0.1, 0.15) is 5.82 Å². The number of thiophene rings is 1. The van der Waals surface area contributed by atoms with Crippen molar-refractivity contribution in [3.63, 3.8) is 0 Å². The lowest BCUT2D eigenvalue weighted by Gasteiger charge is -1.93. The summed E-state index contributed by atoms with van der Waals surface area (Å²) in [5.41, 5.74) is 6.53. The van der Waals surface area contributed by atoms with Crippen LogP contribution in [0, 0.1) is 0 Å². The Bertz CT molecular complexity index is 435. The third kappa shape index (κ3) is 2.68. The Morgan fingerprint density at radius 3 is 3.00 bits per heavy atom. The zero-order chi connectivity index (χ0) is 10.7. The van der Waals surface area contributed by atoms with Crippen LogP contribution in [0.3, 0.4) is 0 Å². The van der Waals surface area contributed by atoms with Gasteiger partial charge in [0.05, 0.1) is 20.6 Å². The van der Waals surface area contributed by atoms with E-state index in [1.54, 1.807) is 11.3 Å². The van der Waals surface area contributed by atoms with E-state index in [0.717, 1.165) is 28.1 Å². The molecule has 0 atom stereocenters. The monoisotopic (exact) mass is 285 g/mol. The van der Waals surface area contributed by atoms with Gasteiger partial charge in [-0.1, -0.05) is 0 Å². The van der Waals surface area contributed by atoms with Gasteiger partial charge in [0, 0.05) is 6.42 Å². The molecule has 2 rings (SSSR count). The molecule has 15 heavy (non-hydrogen) atoms. The van der Waals surface area contributed by atoms with Gasteiger partial charge in [-0.3, -0.25) is 0 Å². The van der Waals surface area contributed by atoms with Crippen LogP contribution in [0.4, 0.5) is 0 Å². The van der Waals surface area contributed by atoms with Gasteiger partial charge in [0.25, 0.3) is 0 Å². The van der Waals surface area contributed by atoms with Gasteiger partial charge in [-0.2, -0.15) is 0 Å². The fourth-order valence-corrected chi connectivity index (χ4v) is 2.69. The van der Waals surface area contributed by atoms with E-state index >= 15 is 0 Å². The van der Waals surface area contributed by atoms with Gasteiger partial charge in [-0.05, 0) is 41.0 Å². The Balaban J connectivity index is 2.13. The van der Waals surface area contributed by atoms with Crippen molar-refractivity contribution in [1.82, 2.24) is 9.97 Å². The van der Waals surface area contributed by atoms with E-state index in [-0.39, 0.29) is 0 Å². The van der Waals surface area contributed by atoms with Crippen molar-refractivity contribution >= 4 is 27.3 Å². The van der Waals surface area contributed by atoms with Gasteiger partial charge in [0.15, 0.2) is 0 Å². The largest absolute Gasteiger partial charge is 0.341 e. The summed E-state index contributed by atoms with van der Waals surface area (Å²) >= 11 is 5.14. The number of aromatic nitrogens is 2. The molecule has 0 aliphatic rings. The van der Waals surface area contributed by atoms with Crippen molar-refractivity contribution in [3.05, 3.63) is 27.9 Å². The predicted octanol–water partition coefficient (Wildman–Crippen LogP) is 2.79. The van der Waals surface area contributed by atoms with Crippen molar-refractivity contribution in [2.24, 2.45) is 5.73 Å². The number of aryl methyl sites for hydroxylation is 1. The third-order valence-corrected chi connectivity index (χ3v) is 3.74. The molecule has 2 aromatic rings. The van der Waals surface area contributed by atoms with Crippen molar-refractivity contribution in [2.75, 3.05) is 6.54 Å². The van der Waals surface area contributed by atoms with Crippen LogP contribution >= 0.6 is 27.3 Å². The number of rotatable bonds is 4. The van der Waals surface area contributed by atoms with E-state index in [4.69, 9.17) is 5.73 Å². The van der Waals surface area contributed by atoms with Crippen molar-refractivity contribution in [2.45, 2.75) is 12.8 Å². The van der Waals surface area contributed by atoms with Crippen LogP contribution in [0.1, 0.15) is 12.2 Å². The first kappa shape index (κ1) is 10.9. The number of hydrogen-bond acceptors (Lipinski definition) is 3. The smallest absolute Gasteiger partial charge is 0.106 e. The van der Waals surface area contributed by atoms with Gasteiger partial charge < -0.3 is 10.7 Å². The molecule has 2 heterocycles. The molecule has 0 bridgehead atoms. The number of hydrogen-bond donors (Lipinski definition) is 2. The molecule has 0 aromatic carbocycles. The number of halogens is 1. The first-order valence-electron chi connectivity index (χ1n) is 4.79. The van der Waals surface area contributed by atoms with Crippen molar-refractivity contribution in [3.8, 4) is 10.6 Å². The molecule has 3 nitrogen and oxygen atoms in total. The van der Waals surface area contributed by atoms with Gasteiger partial charge in [-0.15, -0.1) is 11.3 Å². The Hall–Kier alpha value is -0.650. The molecule has 0 saturated carbocycles. The Morgan fingerprint density at radius 2 is 2.33 bits per heavy atom. The highest BCUT2D eigenvalue weighted by atomic mass is 79.9. The zero-order valence-corrected chi connectivity index (χ0v) is 10.6. The Kier molecular flexibility index (Phi) is 3.56. The maximum Gasteiger partial charge on any atom is 0.106 e. The van der Waals surface area contributed by atoms with Crippen LogP contribution in [0.15, 0.2) is 22.1 Å². The summed E-state index contributed by atoms with van der Waals surface area (Å²) in [5.74, 6) is 1.01. The van der Waals surface area contributed by atoms with Crippen LogP contribution in [0.5, 0.6) is 0 Å². The maximum atomic E-state index is 5.45. The lowest BCUT2D eigenvalue weighted by molar-refractivity contribution is 0.794. The molecule has 3 N–H and O–H groups in total. The van der Waals surface area contributed by atoms with Crippen LogP contribution in [0.25, 0.3) is 10.6 Å². The van der Waals surface area contributed by atoms with Gasteiger partial charge in [-0.25, -0.2) is 4.98 Å². The number of aromatic amines is 1. The minimum atomic E-state index is 0.709. The average molecular weight is 286 g/mol. The number of nitrogens with one attached hydrogen (secondary N) is 1. The van der Waals surface area contributed by atoms with Crippen LogP contribution < -0.4 is 5.73 Å². The molecule has 80 valence electrons. The van der Waals surface area contributed by atoms with E-state index in [2.05, 4.69) is 32.0 Å². The molecular weight excluding hydrogens is 274 g/mol. The molecule has 0 saturated heterocycles. The lowest BCUT2D eigenvalue weighted by Crippen LogP contribution is -2.01. The second-order valence-corrected chi connectivity index (χ2v) is 5.70. The lowest BCUT2D eigenvalue weighted by atomic mass is 10.3. The quantitative estimate of drug-likeness (QED) is 0.908. The number of H-pyrrole nitrogens is 1. The summed E-state index contributed by atoms with van der Waals surface area (Å²) in [6.45, 7) is 0.709. The molecule has 0 radical (unpaired) electrons. The second kappa shape index (κ2) is 4.92. The number of imidazole rings is 1. The van der Waals surface area contributed by atoms with Gasteiger partial charge in [0.2, 0.25) is 0 Å². The van der Waals surface area contributed by atoms with E-state index < -0.39 is 0 Å². The van der Waals surface area contributed by atoms with E-state index in [1.165, 1.54) is 4.88 Å². The minimum Gasteiger partial charge on any atom is -0.341 e. The SMILES string of the molecule is NCCCc1ncc(-c2ccc(Br)s2)[nH]1. The highest BCUT2D eigenvalue weighted by molar-refractivity contribution is 9.11. The molecule has 0 fully saturated rings. The predicted molar refractivity (Wildman–Crippen MR) is 67.0 cm³/mol. The topological polar surface area (TPSA) is 54.7 Å². The fraction of sp³-hybridized carbons (Fsp3) is 0.300. The highest BCUT2D eigenvalue weighted by Crippen LogP contribution is 2.29. The zero-order valence-electron chi connectivity index (χ0n) is 8.16. The van der Waals surface area contributed by atoms with E-state index in [0.29, 0.717) is 6.54 Å². The molecule has 0 unspecified atom stereocenters. The van der Waals surface area contributed by atoms with E-state index in [1.807, 2.05) is 12.3 Å². The summed E-state index contributed by atoms with van der Waals surface area (Å²) in [5, 5.41) is 0. The highest BCUT2D eigenvalue weighted by Gasteiger charge is 2.05. The molecule has 0 spiro atoms. The van der Waals surface area contributed by atoms with Crippen molar-refractivity contribution < 1.29 is 0 Å². The number of nitrogens with two attached hydrogens (primary N) is 1. The molecule has 2 aromatic heterocycles. The maximum absolute atomic E-state index is 5.45. The Morgan fingerprint density at radius 1 is 1.47 bits per heavy atom. The van der Waals surface area contributed by atoms with E-state index in [9.17, 15) is 0 Å². The first-order chi connectivity index (χ1) is 7.29. The summed E-state index contributed by atoms with van der Waals surface area (Å²) < 4.78 is 1.13. The standard InChI is InChI=1S/C10H12BrN3S/c11-9-4-3-8(15-9)7-6-13-10(14-7)2-1-5-12/h3-4,6H,1-2,5,12H2,(H,13,14). The molecular formula is C10H12BrN3S. The third-order valence-electron chi connectivity index (χ3n) is 2.08. The Labute approximate surface area is 101 Å². The second-order valence-electron chi connectivity index (χ2n) is 3.24. The van der Waals surface area contributed by atoms with Crippen molar-refractivity contribution in [1.29, 1.82) is 0 Å². The minimum absolute atomic E-state index is 0.709. The summed E-state index contributed by atoms with van der Waals surface area (Å²) in [6, 6.07) is 4.12. The molecule has 0 amide bonds. The summed E-state index contributed by atoms with van der Waals surface area (Å²) in [6.07, 6.45) is 3.77. The molecule has 0 aliphatic heterocycles. The fourth-order valence-electron chi connectivity index (χ4n) is 1.34. The van der Waals surface area contributed by atoms with Crippen LogP contribution in [-0.4, -0.2) is 16.5 Å². The van der Waals surface area contributed by atoms with Crippen LogP contribution in [0.2, 0.25) is 0 Å². The van der Waals surface area contributed by atoms with Gasteiger partial charge >= 0.3 is 0 Å². The molecule has 0 aliphatic carbocycles. The summed E-state index contributed by atoms with van der Waals surface area (Å²) in [7, 11) is 0. The normalized spacial score (nSPS) is 10.8.